The molecule has 2 N–H and O–H groups in total. The van der Waals surface area contributed by atoms with Crippen molar-refractivity contribution in [3.05, 3.63) is 71.8 Å². The van der Waals surface area contributed by atoms with Gasteiger partial charge < -0.3 is 29.2 Å². The molecule has 0 bridgehead atoms. The van der Waals surface area contributed by atoms with Crippen molar-refractivity contribution in [3.8, 4) is 0 Å². The molecule has 29 heavy (non-hydrogen) atoms. The van der Waals surface area contributed by atoms with E-state index in [4.69, 9.17) is 18.9 Å². The number of rotatable bonds is 8. The molecule has 1 aliphatic heterocycles. The highest BCUT2D eigenvalue weighted by Gasteiger charge is 2.48. The maximum absolute atomic E-state index is 11.6. The molecule has 0 aromatic heterocycles. The van der Waals surface area contributed by atoms with Crippen LogP contribution in [0.25, 0.3) is 0 Å². The second-order valence-corrected chi connectivity index (χ2v) is 6.84. The third-order valence-corrected chi connectivity index (χ3v) is 4.66. The molecule has 0 aliphatic carbocycles. The second-order valence-electron chi connectivity index (χ2n) is 6.84. The summed E-state index contributed by atoms with van der Waals surface area (Å²) >= 11 is 0. The summed E-state index contributed by atoms with van der Waals surface area (Å²) in [4.78, 5) is 11.6. The highest BCUT2D eigenvalue weighted by molar-refractivity contribution is 5.66. The lowest BCUT2D eigenvalue weighted by molar-refractivity contribution is -0.307. The first kappa shape index (κ1) is 21.4. The van der Waals surface area contributed by atoms with Gasteiger partial charge in [0.1, 0.15) is 18.3 Å². The van der Waals surface area contributed by atoms with E-state index in [0.717, 1.165) is 11.1 Å². The fraction of sp³-hybridized carbons (Fsp3) is 0.409. The molecular weight excluding hydrogens is 376 g/mol. The van der Waals surface area contributed by atoms with E-state index in [9.17, 15) is 15.0 Å². The maximum atomic E-state index is 11.6. The zero-order valence-corrected chi connectivity index (χ0v) is 16.2. The zero-order chi connectivity index (χ0) is 20.6. The Morgan fingerprint density at radius 3 is 1.90 bits per heavy atom. The number of ether oxygens (including phenoxy) is 4. The molecule has 1 aliphatic rings. The number of hydrogen-bond acceptors (Lipinski definition) is 7. The third kappa shape index (κ3) is 5.85. The van der Waals surface area contributed by atoms with Gasteiger partial charge in [0.15, 0.2) is 12.4 Å². The van der Waals surface area contributed by atoms with Crippen molar-refractivity contribution >= 4 is 5.97 Å². The normalized spacial score (nSPS) is 26.8. The predicted molar refractivity (Wildman–Crippen MR) is 104 cm³/mol. The summed E-state index contributed by atoms with van der Waals surface area (Å²) in [6.45, 7) is 1.34. The topological polar surface area (TPSA) is 94.5 Å². The van der Waals surface area contributed by atoms with Crippen LogP contribution in [0.2, 0.25) is 0 Å². The Balaban J connectivity index is 1.80. The fourth-order valence-corrected chi connectivity index (χ4v) is 3.28. The average Bonchev–Trinajstić information content (AvgIpc) is 2.74. The SMILES string of the molecule is CC(=O)O[C@@H]1[C@@H](OCc2ccccc2)[C@H](OCc2ccccc2)[C@H](CO)O[C@H]1O. The van der Waals surface area contributed by atoms with E-state index < -0.39 is 36.7 Å². The molecule has 2 aromatic rings. The van der Waals surface area contributed by atoms with Gasteiger partial charge in [0, 0.05) is 6.92 Å². The van der Waals surface area contributed by atoms with Crippen LogP contribution >= 0.6 is 0 Å². The second kappa shape index (κ2) is 10.5. The smallest absolute Gasteiger partial charge is 0.303 e. The van der Waals surface area contributed by atoms with Gasteiger partial charge in [-0.25, -0.2) is 0 Å². The number of hydrogen-bond donors (Lipinski definition) is 2. The van der Waals surface area contributed by atoms with E-state index >= 15 is 0 Å². The first-order chi connectivity index (χ1) is 14.1. The third-order valence-electron chi connectivity index (χ3n) is 4.66. The lowest BCUT2D eigenvalue weighted by Gasteiger charge is -2.43. The summed E-state index contributed by atoms with van der Waals surface area (Å²) in [5.41, 5.74) is 1.85. The van der Waals surface area contributed by atoms with Gasteiger partial charge in [-0.2, -0.15) is 0 Å². The van der Waals surface area contributed by atoms with Crippen molar-refractivity contribution in [3.63, 3.8) is 0 Å². The van der Waals surface area contributed by atoms with Crippen LogP contribution in [0.3, 0.4) is 0 Å². The van der Waals surface area contributed by atoms with Gasteiger partial charge in [0.25, 0.3) is 0 Å². The first-order valence-corrected chi connectivity index (χ1v) is 9.51. The van der Waals surface area contributed by atoms with Gasteiger partial charge in [0.2, 0.25) is 0 Å². The predicted octanol–water partition coefficient (Wildman–Crippen LogP) is 1.80. The Morgan fingerprint density at radius 2 is 1.41 bits per heavy atom. The molecule has 0 saturated carbocycles. The largest absolute Gasteiger partial charge is 0.454 e. The van der Waals surface area contributed by atoms with Crippen LogP contribution in [0.4, 0.5) is 0 Å². The summed E-state index contributed by atoms with van der Waals surface area (Å²) in [6, 6.07) is 19.0. The van der Waals surface area contributed by atoms with E-state index in [-0.39, 0.29) is 19.8 Å². The Hall–Kier alpha value is -2.29. The average molecular weight is 402 g/mol. The fourth-order valence-electron chi connectivity index (χ4n) is 3.28. The summed E-state index contributed by atoms with van der Waals surface area (Å²) in [5, 5.41) is 20.1. The molecule has 7 nitrogen and oxygen atoms in total. The molecule has 5 atom stereocenters. The molecule has 0 spiro atoms. The van der Waals surface area contributed by atoms with Crippen LogP contribution in [0, 0.1) is 0 Å². The first-order valence-electron chi connectivity index (χ1n) is 9.51. The molecule has 0 unspecified atom stereocenters. The molecule has 1 saturated heterocycles. The van der Waals surface area contributed by atoms with Crippen LogP contribution < -0.4 is 0 Å². The summed E-state index contributed by atoms with van der Waals surface area (Å²) < 4.78 is 22.8. The number of aliphatic hydroxyl groups is 2. The van der Waals surface area contributed by atoms with Crippen molar-refractivity contribution < 1.29 is 34.0 Å². The molecule has 1 fully saturated rings. The van der Waals surface area contributed by atoms with Crippen molar-refractivity contribution in [2.24, 2.45) is 0 Å². The van der Waals surface area contributed by atoms with Crippen molar-refractivity contribution in [2.45, 2.75) is 50.8 Å². The molecule has 7 heteroatoms. The molecule has 3 rings (SSSR count). The van der Waals surface area contributed by atoms with Crippen LogP contribution in [0.1, 0.15) is 18.1 Å². The van der Waals surface area contributed by atoms with Crippen LogP contribution in [-0.2, 0) is 37.0 Å². The Labute approximate surface area is 169 Å². The Kier molecular flexibility index (Phi) is 7.74. The molecular formula is C22H26O7. The summed E-state index contributed by atoms with van der Waals surface area (Å²) in [5.74, 6) is -0.574. The number of carbonyl (C=O) groups excluding carboxylic acids is 1. The lowest BCUT2D eigenvalue weighted by atomic mass is 9.98. The van der Waals surface area contributed by atoms with Gasteiger partial charge in [-0.3, -0.25) is 4.79 Å². The van der Waals surface area contributed by atoms with Crippen molar-refractivity contribution in [1.29, 1.82) is 0 Å². The summed E-state index contributed by atoms with van der Waals surface area (Å²) in [6.07, 6.45) is -4.94. The molecule has 0 amide bonds. The van der Waals surface area contributed by atoms with E-state index in [1.807, 2.05) is 60.7 Å². The highest BCUT2D eigenvalue weighted by Crippen LogP contribution is 2.28. The van der Waals surface area contributed by atoms with Gasteiger partial charge in [0.05, 0.1) is 19.8 Å². The standard InChI is InChI=1S/C22H26O7/c1-15(24)28-21-20(27-14-17-10-6-3-7-11-17)19(18(12-23)29-22(21)25)26-13-16-8-4-2-5-9-16/h2-11,18-23,25H,12-14H2,1H3/t18-,19+,20-,21+,22+/m0/s1. The minimum Gasteiger partial charge on any atom is -0.454 e. The molecule has 2 aromatic carbocycles. The monoisotopic (exact) mass is 402 g/mol. The van der Waals surface area contributed by atoms with E-state index in [1.165, 1.54) is 6.92 Å². The van der Waals surface area contributed by atoms with Gasteiger partial charge in [-0.15, -0.1) is 0 Å². The quantitative estimate of drug-likeness (QED) is 0.650. The maximum Gasteiger partial charge on any atom is 0.303 e. The number of aliphatic hydroxyl groups excluding tert-OH is 2. The van der Waals surface area contributed by atoms with Crippen LogP contribution in [0.5, 0.6) is 0 Å². The molecule has 0 radical (unpaired) electrons. The van der Waals surface area contributed by atoms with Crippen molar-refractivity contribution in [1.82, 2.24) is 0 Å². The molecule has 1 heterocycles. The summed E-state index contributed by atoms with van der Waals surface area (Å²) in [7, 11) is 0. The highest BCUT2D eigenvalue weighted by atomic mass is 16.7. The van der Waals surface area contributed by atoms with Gasteiger partial charge >= 0.3 is 5.97 Å². The Bertz CT molecular complexity index is 752. The van der Waals surface area contributed by atoms with Crippen LogP contribution in [0.15, 0.2) is 60.7 Å². The lowest BCUT2D eigenvalue weighted by Crippen LogP contribution is -2.61. The van der Waals surface area contributed by atoms with Crippen molar-refractivity contribution in [2.75, 3.05) is 6.61 Å². The minimum absolute atomic E-state index is 0.222. The number of benzene rings is 2. The van der Waals surface area contributed by atoms with E-state index in [2.05, 4.69) is 0 Å². The Morgan fingerprint density at radius 1 is 0.897 bits per heavy atom. The molecule has 156 valence electrons. The number of carbonyl (C=O) groups is 1. The van der Waals surface area contributed by atoms with E-state index in [0.29, 0.717) is 0 Å². The van der Waals surface area contributed by atoms with Gasteiger partial charge in [-0.05, 0) is 11.1 Å². The zero-order valence-electron chi connectivity index (χ0n) is 16.2. The van der Waals surface area contributed by atoms with E-state index in [1.54, 1.807) is 0 Å². The van der Waals surface area contributed by atoms with Gasteiger partial charge in [-0.1, -0.05) is 60.7 Å². The number of esters is 1. The minimum atomic E-state index is -1.44. The van der Waals surface area contributed by atoms with Crippen LogP contribution in [-0.4, -0.2) is 53.5 Å².